The first-order valence-corrected chi connectivity index (χ1v) is 6.35. The van der Waals surface area contributed by atoms with Crippen molar-refractivity contribution in [2.24, 2.45) is 5.92 Å². The van der Waals surface area contributed by atoms with Gasteiger partial charge in [-0.2, -0.15) is 0 Å². The summed E-state index contributed by atoms with van der Waals surface area (Å²) >= 11 is 1.32. The van der Waals surface area contributed by atoms with Crippen molar-refractivity contribution >= 4 is 23.2 Å². The van der Waals surface area contributed by atoms with Crippen LogP contribution in [0, 0.1) is 12.8 Å². The lowest BCUT2D eigenvalue weighted by Crippen LogP contribution is -2.39. The fourth-order valence-electron chi connectivity index (χ4n) is 2.13. The summed E-state index contributed by atoms with van der Waals surface area (Å²) in [5.74, 6) is -1.49. The van der Waals surface area contributed by atoms with E-state index in [2.05, 4.69) is 10.3 Å². The number of aromatic nitrogens is 1. The SMILES string of the molecule is Cc1ncc(C(=O)NC2CCCC2C(=O)O)s1. The van der Waals surface area contributed by atoms with Gasteiger partial charge in [-0.3, -0.25) is 9.59 Å². The van der Waals surface area contributed by atoms with Crippen LogP contribution in [0.4, 0.5) is 0 Å². The van der Waals surface area contributed by atoms with Gasteiger partial charge in [-0.1, -0.05) is 6.42 Å². The van der Waals surface area contributed by atoms with Crippen molar-refractivity contribution in [3.63, 3.8) is 0 Å². The summed E-state index contributed by atoms with van der Waals surface area (Å²) < 4.78 is 0. The molecule has 0 aromatic carbocycles. The Balaban J connectivity index is 2.01. The summed E-state index contributed by atoms with van der Waals surface area (Å²) in [6.07, 6.45) is 3.76. The van der Waals surface area contributed by atoms with Crippen molar-refractivity contribution in [3.8, 4) is 0 Å². The molecule has 1 aliphatic carbocycles. The van der Waals surface area contributed by atoms with Gasteiger partial charge in [0.15, 0.2) is 0 Å². The fraction of sp³-hybridized carbons (Fsp3) is 0.545. The minimum Gasteiger partial charge on any atom is -0.481 e. The van der Waals surface area contributed by atoms with Gasteiger partial charge >= 0.3 is 5.97 Å². The van der Waals surface area contributed by atoms with Gasteiger partial charge in [0.05, 0.1) is 17.1 Å². The number of nitrogens with zero attached hydrogens (tertiary/aromatic N) is 1. The standard InChI is InChI=1S/C11H14N2O3S/c1-6-12-5-9(17-6)10(14)13-8-4-2-3-7(8)11(15)16/h5,7-8H,2-4H2,1H3,(H,13,14)(H,15,16). The second-order valence-corrected chi connectivity index (χ2v) is 5.43. The molecule has 0 spiro atoms. The lowest BCUT2D eigenvalue weighted by molar-refractivity contribution is -0.142. The molecule has 17 heavy (non-hydrogen) atoms. The maximum atomic E-state index is 11.8. The number of hydrogen-bond acceptors (Lipinski definition) is 4. The number of hydrogen-bond donors (Lipinski definition) is 2. The van der Waals surface area contributed by atoms with Crippen molar-refractivity contribution in [2.75, 3.05) is 0 Å². The third-order valence-electron chi connectivity index (χ3n) is 2.99. The molecule has 1 aromatic heterocycles. The molecule has 2 unspecified atom stereocenters. The highest BCUT2D eigenvalue weighted by Gasteiger charge is 2.34. The average Bonchev–Trinajstić information content (AvgIpc) is 2.86. The van der Waals surface area contributed by atoms with Crippen LogP contribution in [0.5, 0.6) is 0 Å². The number of carboxylic acids is 1. The predicted octanol–water partition coefficient (Wildman–Crippen LogP) is 1.43. The van der Waals surface area contributed by atoms with Gasteiger partial charge in [0.25, 0.3) is 5.91 Å². The third kappa shape index (κ3) is 2.63. The first kappa shape index (κ1) is 12.0. The number of carbonyl (C=O) groups excluding carboxylic acids is 1. The monoisotopic (exact) mass is 254 g/mol. The molecule has 0 radical (unpaired) electrons. The molecule has 2 atom stereocenters. The van der Waals surface area contributed by atoms with Crippen LogP contribution in [0.3, 0.4) is 0 Å². The van der Waals surface area contributed by atoms with E-state index in [1.54, 1.807) is 0 Å². The molecule has 1 fully saturated rings. The van der Waals surface area contributed by atoms with Crippen LogP contribution in [-0.2, 0) is 4.79 Å². The largest absolute Gasteiger partial charge is 0.481 e. The molecule has 1 heterocycles. The van der Waals surface area contributed by atoms with Gasteiger partial charge in [0.1, 0.15) is 4.88 Å². The number of amides is 1. The van der Waals surface area contributed by atoms with E-state index in [1.807, 2.05) is 6.92 Å². The molecule has 0 bridgehead atoms. The Morgan fingerprint density at radius 2 is 2.29 bits per heavy atom. The molecular formula is C11H14N2O3S. The zero-order chi connectivity index (χ0) is 12.4. The van der Waals surface area contributed by atoms with E-state index in [1.165, 1.54) is 17.5 Å². The first-order valence-electron chi connectivity index (χ1n) is 5.54. The summed E-state index contributed by atoms with van der Waals surface area (Å²) in [7, 11) is 0. The minimum absolute atomic E-state index is 0.214. The van der Waals surface area contributed by atoms with E-state index in [4.69, 9.17) is 5.11 Å². The average molecular weight is 254 g/mol. The van der Waals surface area contributed by atoms with Crippen molar-refractivity contribution in [1.82, 2.24) is 10.3 Å². The van der Waals surface area contributed by atoms with Crippen LogP contribution in [0.1, 0.15) is 33.9 Å². The Morgan fingerprint density at radius 1 is 1.53 bits per heavy atom. The van der Waals surface area contributed by atoms with Gasteiger partial charge in [-0.05, 0) is 19.8 Å². The zero-order valence-electron chi connectivity index (χ0n) is 9.47. The molecule has 1 aliphatic rings. The summed E-state index contributed by atoms with van der Waals surface area (Å²) in [6.45, 7) is 1.83. The molecule has 1 amide bonds. The minimum atomic E-state index is -0.826. The summed E-state index contributed by atoms with van der Waals surface area (Å²) in [4.78, 5) is 27.4. The second kappa shape index (κ2) is 4.83. The fourth-order valence-corrected chi connectivity index (χ4v) is 2.81. The number of aliphatic carboxylic acids is 1. The highest BCUT2D eigenvalue weighted by atomic mass is 32.1. The number of rotatable bonds is 3. The second-order valence-electron chi connectivity index (χ2n) is 4.20. The van der Waals surface area contributed by atoms with Gasteiger partial charge in [-0.15, -0.1) is 11.3 Å². The molecule has 0 aliphatic heterocycles. The van der Waals surface area contributed by atoms with Crippen LogP contribution in [0.25, 0.3) is 0 Å². The molecular weight excluding hydrogens is 240 g/mol. The van der Waals surface area contributed by atoms with Crippen LogP contribution >= 0.6 is 11.3 Å². The topological polar surface area (TPSA) is 79.3 Å². The zero-order valence-corrected chi connectivity index (χ0v) is 10.3. The van der Waals surface area contributed by atoms with Crippen LogP contribution in [0.15, 0.2) is 6.20 Å². The molecule has 6 heteroatoms. The number of thiazole rings is 1. The van der Waals surface area contributed by atoms with E-state index in [-0.39, 0.29) is 11.9 Å². The Labute approximate surface area is 103 Å². The maximum absolute atomic E-state index is 11.8. The van der Waals surface area contributed by atoms with Gasteiger partial charge < -0.3 is 10.4 Å². The smallest absolute Gasteiger partial charge is 0.308 e. The Kier molecular flexibility index (Phi) is 3.42. The van der Waals surface area contributed by atoms with Gasteiger partial charge in [0.2, 0.25) is 0 Å². The Bertz CT molecular complexity index is 444. The van der Waals surface area contributed by atoms with Crippen molar-refractivity contribution in [2.45, 2.75) is 32.2 Å². The number of carboxylic acid groups (broad SMARTS) is 1. The molecule has 5 nitrogen and oxygen atoms in total. The third-order valence-corrected chi connectivity index (χ3v) is 3.91. The summed E-state index contributed by atoms with van der Waals surface area (Å²) in [5, 5.41) is 12.6. The first-order chi connectivity index (χ1) is 8.08. The number of carbonyl (C=O) groups is 2. The van der Waals surface area contributed by atoms with Crippen LogP contribution in [0.2, 0.25) is 0 Å². The quantitative estimate of drug-likeness (QED) is 0.855. The normalized spacial score (nSPS) is 23.6. The Morgan fingerprint density at radius 3 is 2.88 bits per heavy atom. The van der Waals surface area contributed by atoms with E-state index < -0.39 is 11.9 Å². The van der Waals surface area contributed by atoms with Crippen LogP contribution < -0.4 is 5.32 Å². The molecule has 1 saturated carbocycles. The highest BCUT2D eigenvalue weighted by molar-refractivity contribution is 7.13. The van der Waals surface area contributed by atoms with E-state index in [9.17, 15) is 9.59 Å². The van der Waals surface area contributed by atoms with E-state index in [0.717, 1.165) is 17.8 Å². The maximum Gasteiger partial charge on any atom is 0.308 e. The predicted molar refractivity (Wildman–Crippen MR) is 63.1 cm³/mol. The molecule has 92 valence electrons. The van der Waals surface area contributed by atoms with Crippen molar-refractivity contribution < 1.29 is 14.7 Å². The highest BCUT2D eigenvalue weighted by Crippen LogP contribution is 2.26. The molecule has 0 saturated heterocycles. The molecule has 1 aromatic rings. The lowest BCUT2D eigenvalue weighted by Gasteiger charge is -2.16. The lowest BCUT2D eigenvalue weighted by atomic mass is 10.0. The number of aryl methyl sites for hydroxylation is 1. The Hall–Kier alpha value is -1.43. The van der Waals surface area contributed by atoms with Crippen molar-refractivity contribution in [1.29, 1.82) is 0 Å². The summed E-state index contributed by atoms with van der Waals surface area (Å²) in [5.41, 5.74) is 0. The van der Waals surface area contributed by atoms with Crippen molar-refractivity contribution in [3.05, 3.63) is 16.1 Å². The van der Waals surface area contributed by atoms with Crippen LogP contribution in [-0.4, -0.2) is 28.0 Å². The number of nitrogens with one attached hydrogen (secondary N) is 1. The van der Waals surface area contributed by atoms with E-state index in [0.29, 0.717) is 11.3 Å². The van der Waals surface area contributed by atoms with E-state index >= 15 is 0 Å². The van der Waals surface area contributed by atoms with Gasteiger partial charge in [-0.25, -0.2) is 4.98 Å². The summed E-state index contributed by atoms with van der Waals surface area (Å²) in [6, 6.07) is -0.248. The molecule has 2 rings (SSSR count). The van der Waals surface area contributed by atoms with Gasteiger partial charge in [0, 0.05) is 6.04 Å². The molecule has 2 N–H and O–H groups in total.